The highest BCUT2D eigenvalue weighted by molar-refractivity contribution is 14.0. The number of halogens is 4. The van der Waals surface area contributed by atoms with Crippen molar-refractivity contribution in [2.24, 2.45) is 4.99 Å². The standard InChI is InChI=1S/C18H26F3N3O3.HI/c1-17(2,3)27-13-7-6-12(14(10-13)18(19,20)21)11-24-16(22-4)23-9-8-15(25)26-5;/h6-7,10H,8-9,11H2,1-5H3,(H2,22,23,24);1H. The summed E-state index contributed by atoms with van der Waals surface area (Å²) in [6, 6.07) is 3.87. The number of aliphatic imine (C=N–C) groups is 1. The molecule has 0 fully saturated rings. The Labute approximate surface area is 180 Å². The molecule has 0 aliphatic heterocycles. The van der Waals surface area contributed by atoms with E-state index in [1.54, 1.807) is 20.8 Å². The average Bonchev–Trinajstić information content (AvgIpc) is 2.56. The third-order valence-corrected chi connectivity index (χ3v) is 3.33. The number of rotatable bonds is 6. The van der Waals surface area contributed by atoms with Crippen molar-refractivity contribution in [3.05, 3.63) is 29.3 Å². The van der Waals surface area contributed by atoms with Crippen molar-refractivity contribution in [1.29, 1.82) is 0 Å². The highest BCUT2D eigenvalue weighted by atomic mass is 127. The maximum Gasteiger partial charge on any atom is 0.416 e. The number of hydrogen-bond donors (Lipinski definition) is 2. The molecule has 0 aliphatic rings. The molecule has 0 spiro atoms. The molecular weight excluding hydrogens is 490 g/mol. The molecule has 0 aliphatic carbocycles. The molecule has 0 saturated carbocycles. The Hall–Kier alpha value is -1.72. The molecule has 0 radical (unpaired) electrons. The van der Waals surface area contributed by atoms with Gasteiger partial charge in [0.15, 0.2) is 5.96 Å². The molecule has 6 nitrogen and oxygen atoms in total. The van der Waals surface area contributed by atoms with Gasteiger partial charge in [0.2, 0.25) is 0 Å². The SMILES string of the molecule is CN=C(NCCC(=O)OC)NCc1ccc(OC(C)(C)C)cc1C(F)(F)F.I. The van der Waals surface area contributed by atoms with Gasteiger partial charge in [-0.15, -0.1) is 24.0 Å². The van der Waals surface area contributed by atoms with Crippen LogP contribution in [0.5, 0.6) is 5.75 Å². The fourth-order valence-corrected chi connectivity index (χ4v) is 2.18. The van der Waals surface area contributed by atoms with Gasteiger partial charge in [0.1, 0.15) is 11.4 Å². The number of carbonyl (C=O) groups excluding carboxylic acids is 1. The van der Waals surface area contributed by atoms with Crippen LogP contribution in [0.25, 0.3) is 0 Å². The number of nitrogens with zero attached hydrogens (tertiary/aromatic N) is 1. The van der Waals surface area contributed by atoms with E-state index in [1.807, 2.05) is 0 Å². The zero-order valence-corrected chi connectivity index (χ0v) is 18.9. The van der Waals surface area contributed by atoms with E-state index in [-0.39, 0.29) is 60.8 Å². The molecule has 0 heterocycles. The summed E-state index contributed by atoms with van der Waals surface area (Å²) in [6.45, 7) is 5.44. The molecule has 0 atom stereocenters. The van der Waals surface area contributed by atoms with Gasteiger partial charge < -0.3 is 20.1 Å². The minimum atomic E-state index is -4.52. The van der Waals surface area contributed by atoms with Crippen LogP contribution in [0.4, 0.5) is 13.2 Å². The van der Waals surface area contributed by atoms with Crippen molar-refractivity contribution in [3.63, 3.8) is 0 Å². The number of esters is 1. The topological polar surface area (TPSA) is 72.0 Å². The van der Waals surface area contributed by atoms with Gasteiger partial charge >= 0.3 is 12.1 Å². The molecule has 2 N–H and O–H groups in total. The first-order chi connectivity index (χ1) is 12.5. The number of benzene rings is 1. The van der Waals surface area contributed by atoms with Crippen LogP contribution >= 0.6 is 24.0 Å². The van der Waals surface area contributed by atoms with Crippen molar-refractivity contribution in [2.45, 2.75) is 45.5 Å². The molecule has 0 unspecified atom stereocenters. The van der Waals surface area contributed by atoms with E-state index in [0.29, 0.717) is 0 Å². The van der Waals surface area contributed by atoms with E-state index < -0.39 is 23.3 Å². The van der Waals surface area contributed by atoms with Crippen LogP contribution < -0.4 is 15.4 Å². The van der Waals surface area contributed by atoms with E-state index in [0.717, 1.165) is 6.07 Å². The minimum absolute atomic E-state index is 0. The Morgan fingerprint density at radius 3 is 2.32 bits per heavy atom. The average molecular weight is 517 g/mol. The van der Waals surface area contributed by atoms with Crippen LogP contribution in [-0.2, 0) is 22.3 Å². The molecular formula is C18H27F3IN3O3. The fraction of sp³-hybridized carbons (Fsp3) is 0.556. The normalized spacial score (nSPS) is 12.1. The van der Waals surface area contributed by atoms with Crippen LogP contribution in [0.1, 0.15) is 38.3 Å². The summed E-state index contributed by atoms with van der Waals surface area (Å²) in [6.07, 6.45) is -4.40. The van der Waals surface area contributed by atoms with Crippen LogP contribution in [0.3, 0.4) is 0 Å². The Morgan fingerprint density at radius 2 is 1.82 bits per heavy atom. The third-order valence-electron chi connectivity index (χ3n) is 3.33. The first-order valence-corrected chi connectivity index (χ1v) is 8.36. The van der Waals surface area contributed by atoms with E-state index >= 15 is 0 Å². The van der Waals surface area contributed by atoms with Gasteiger partial charge in [-0.1, -0.05) is 6.07 Å². The van der Waals surface area contributed by atoms with Crippen molar-refractivity contribution in [2.75, 3.05) is 20.7 Å². The molecule has 0 amide bonds. The second-order valence-corrected chi connectivity index (χ2v) is 6.71. The Kier molecular flexibility index (Phi) is 10.6. The first kappa shape index (κ1) is 26.3. The second kappa shape index (κ2) is 11.3. The minimum Gasteiger partial charge on any atom is -0.488 e. The predicted molar refractivity (Wildman–Crippen MR) is 112 cm³/mol. The highest BCUT2D eigenvalue weighted by Gasteiger charge is 2.34. The zero-order valence-electron chi connectivity index (χ0n) is 16.6. The quantitative estimate of drug-likeness (QED) is 0.261. The summed E-state index contributed by atoms with van der Waals surface area (Å²) in [5.74, 6) is 0.0351. The second-order valence-electron chi connectivity index (χ2n) is 6.71. The third kappa shape index (κ3) is 9.47. The maximum absolute atomic E-state index is 13.4. The lowest BCUT2D eigenvalue weighted by Crippen LogP contribution is -2.38. The molecule has 1 aromatic carbocycles. The largest absolute Gasteiger partial charge is 0.488 e. The van der Waals surface area contributed by atoms with Crippen molar-refractivity contribution in [3.8, 4) is 5.75 Å². The number of hydrogen-bond acceptors (Lipinski definition) is 4. The summed E-state index contributed by atoms with van der Waals surface area (Å²) < 4.78 is 50.3. The van der Waals surface area contributed by atoms with E-state index in [4.69, 9.17) is 4.74 Å². The highest BCUT2D eigenvalue weighted by Crippen LogP contribution is 2.35. The number of ether oxygens (including phenoxy) is 2. The predicted octanol–water partition coefficient (Wildman–Crippen LogP) is 3.73. The van der Waals surface area contributed by atoms with Crippen LogP contribution in [0.15, 0.2) is 23.2 Å². The molecule has 0 aromatic heterocycles. The van der Waals surface area contributed by atoms with Crippen molar-refractivity contribution >= 4 is 35.9 Å². The lowest BCUT2D eigenvalue weighted by Gasteiger charge is -2.23. The van der Waals surface area contributed by atoms with Gasteiger partial charge in [-0.2, -0.15) is 13.2 Å². The van der Waals surface area contributed by atoms with Crippen LogP contribution in [-0.4, -0.2) is 38.2 Å². The summed E-state index contributed by atoms with van der Waals surface area (Å²) in [4.78, 5) is 15.0. The number of guanidine groups is 1. The lowest BCUT2D eigenvalue weighted by molar-refractivity contribution is -0.140. The van der Waals surface area contributed by atoms with Gasteiger partial charge in [-0.05, 0) is 38.5 Å². The Morgan fingerprint density at radius 1 is 1.18 bits per heavy atom. The van der Waals surface area contributed by atoms with Gasteiger partial charge in [0, 0.05) is 20.1 Å². The molecule has 28 heavy (non-hydrogen) atoms. The number of methoxy groups -OCH3 is 1. The molecule has 0 saturated heterocycles. The molecule has 160 valence electrons. The van der Waals surface area contributed by atoms with Crippen LogP contribution in [0, 0.1) is 0 Å². The van der Waals surface area contributed by atoms with E-state index in [2.05, 4.69) is 20.4 Å². The smallest absolute Gasteiger partial charge is 0.416 e. The molecule has 1 rings (SSSR count). The molecule has 0 bridgehead atoms. The Balaban J connectivity index is 0.00000729. The van der Waals surface area contributed by atoms with E-state index in [9.17, 15) is 18.0 Å². The zero-order chi connectivity index (χ0) is 20.7. The van der Waals surface area contributed by atoms with Crippen molar-refractivity contribution in [1.82, 2.24) is 10.6 Å². The van der Waals surface area contributed by atoms with Gasteiger partial charge in [0.25, 0.3) is 0 Å². The maximum atomic E-state index is 13.4. The van der Waals surface area contributed by atoms with E-state index in [1.165, 1.54) is 26.3 Å². The monoisotopic (exact) mass is 517 g/mol. The number of carbonyl (C=O) groups is 1. The summed E-state index contributed by atoms with van der Waals surface area (Å²) in [7, 11) is 2.76. The summed E-state index contributed by atoms with van der Waals surface area (Å²) >= 11 is 0. The first-order valence-electron chi connectivity index (χ1n) is 8.36. The number of alkyl halides is 3. The summed E-state index contributed by atoms with van der Waals surface area (Å²) in [5.41, 5.74) is -1.32. The fourth-order valence-electron chi connectivity index (χ4n) is 2.18. The lowest BCUT2D eigenvalue weighted by atomic mass is 10.1. The number of nitrogens with one attached hydrogen (secondary N) is 2. The van der Waals surface area contributed by atoms with Gasteiger partial charge in [-0.3, -0.25) is 9.79 Å². The van der Waals surface area contributed by atoms with Gasteiger partial charge in [-0.25, -0.2) is 0 Å². The Bertz CT molecular complexity index is 674. The van der Waals surface area contributed by atoms with Crippen molar-refractivity contribution < 1.29 is 27.4 Å². The molecule has 1 aromatic rings. The molecule has 10 heteroatoms. The van der Waals surface area contributed by atoms with Gasteiger partial charge in [0.05, 0.1) is 19.1 Å². The summed E-state index contributed by atoms with van der Waals surface area (Å²) in [5, 5.41) is 5.64. The van der Waals surface area contributed by atoms with Crippen LogP contribution in [0.2, 0.25) is 0 Å².